The zero-order valence-electron chi connectivity index (χ0n) is 8.45. The van der Waals surface area contributed by atoms with E-state index in [1.165, 1.54) is 4.90 Å². The minimum absolute atomic E-state index is 0.188. The van der Waals surface area contributed by atoms with Gasteiger partial charge in [-0.1, -0.05) is 0 Å². The number of carboxylic acid groups (broad SMARTS) is 1. The second kappa shape index (κ2) is 7.28. The summed E-state index contributed by atoms with van der Waals surface area (Å²) in [7, 11) is 3.43. The van der Waals surface area contributed by atoms with Crippen molar-refractivity contribution >= 4 is 11.9 Å². The average Bonchev–Trinajstić information content (AvgIpc) is 2.13. The van der Waals surface area contributed by atoms with Gasteiger partial charge in [0.25, 0.3) is 0 Å². The number of carbonyl (C=O) groups is 2. The van der Waals surface area contributed by atoms with Gasteiger partial charge >= 0.3 is 5.97 Å². The van der Waals surface area contributed by atoms with E-state index < -0.39 is 12.6 Å². The Morgan fingerprint density at radius 1 is 1.43 bits per heavy atom. The number of likely N-dealkylation sites (N-methyl/N-ethyl adjacent to an activating group) is 2. The van der Waals surface area contributed by atoms with E-state index in [2.05, 4.69) is 10.1 Å². The third-order valence-corrected chi connectivity index (χ3v) is 1.57. The van der Waals surface area contributed by atoms with E-state index in [-0.39, 0.29) is 12.5 Å². The number of amides is 1. The molecule has 6 heteroatoms. The van der Waals surface area contributed by atoms with Gasteiger partial charge in [0.1, 0.15) is 13.2 Å². The average molecular weight is 204 g/mol. The third kappa shape index (κ3) is 6.38. The normalized spacial score (nSPS) is 9.86. The lowest BCUT2D eigenvalue weighted by atomic mass is 10.5. The first-order valence-corrected chi connectivity index (χ1v) is 4.26. The fourth-order valence-corrected chi connectivity index (χ4v) is 0.740. The number of ether oxygens (including phenoxy) is 1. The molecular formula is C8H16N2O4. The molecule has 0 aromatic heterocycles. The van der Waals surface area contributed by atoms with Crippen molar-refractivity contribution in [3.05, 3.63) is 0 Å². The van der Waals surface area contributed by atoms with Gasteiger partial charge in [-0.05, 0) is 7.05 Å². The molecule has 82 valence electrons. The van der Waals surface area contributed by atoms with Crippen LogP contribution in [0.4, 0.5) is 0 Å². The Balaban J connectivity index is 3.56. The number of carboxylic acids is 1. The Labute approximate surface area is 82.8 Å². The topological polar surface area (TPSA) is 78.9 Å². The molecule has 0 heterocycles. The van der Waals surface area contributed by atoms with E-state index in [1.807, 2.05) is 0 Å². The second-order valence-electron chi connectivity index (χ2n) is 2.81. The summed E-state index contributed by atoms with van der Waals surface area (Å²) < 4.78 is 4.65. The number of rotatable bonds is 7. The number of hydrogen-bond donors (Lipinski definition) is 2. The predicted molar refractivity (Wildman–Crippen MR) is 50.0 cm³/mol. The van der Waals surface area contributed by atoms with Crippen LogP contribution in [0, 0.1) is 0 Å². The monoisotopic (exact) mass is 204 g/mol. The van der Waals surface area contributed by atoms with Gasteiger partial charge in [0.2, 0.25) is 5.91 Å². The molecule has 0 radical (unpaired) electrons. The van der Waals surface area contributed by atoms with Crippen LogP contribution in [0.2, 0.25) is 0 Å². The van der Waals surface area contributed by atoms with Crippen LogP contribution in [0.25, 0.3) is 0 Å². The smallest absolute Gasteiger partial charge is 0.329 e. The van der Waals surface area contributed by atoms with E-state index in [1.54, 1.807) is 14.1 Å². The second-order valence-corrected chi connectivity index (χ2v) is 2.81. The Morgan fingerprint density at radius 2 is 2.07 bits per heavy atom. The Kier molecular flexibility index (Phi) is 6.69. The van der Waals surface area contributed by atoms with E-state index in [0.717, 1.165) is 0 Å². The fourth-order valence-electron chi connectivity index (χ4n) is 0.740. The van der Waals surface area contributed by atoms with Crippen LogP contribution in [0.3, 0.4) is 0 Å². The molecule has 0 aromatic carbocycles. The lowest BCUT2D eigenvalue weighted by Gasteiger charge is -2.16. The minimum atomic E-state index is -1.07. The Hall–Kier alpha value is -1.14. The maximum absolute atomic E-state index is 11.2. The summed E-state index contributed by atoms with van der Waals surface area (Å²) in [6, 6.07) is 0. The molecule has 14 heavy (non-hydrogen) atoms. The third-order valence-electron chi connectivity index (χ3n) is 1.57. The standard InChI is InChI=1S/C8H16N2O4/c1-9-3-4-10(2)7(11)5-14-6-8(12)13/h9H,3-6H2,1-2H3,(H,12,13). The molecule has 0 rings (SSSR count). The SMILES string of the molecule is CNCCN(C)C(=O)COCC(=O)O. The fraction of sp³-hybridized carbons (Fsp3) is 0.750. The lowest BCUT2D eigenvalue weighted by Crippen LogP contribution is -2.35. The van der Waals surface area contributed by atoms with Crippen molar-refractivity contribution in [2.45, 2.75) is 0 Å². The van der Waals surface area contributed by atoms with Crippen LogP contribution in [-0.2, 0) is 14.3 Å². The predicted octanol–water partition coefficient (Wildman–Crippen LogP) is -1.23. The summed E-state index contributed by atoms with van der Waals surface area (Å²) in [5.74, 6) is -1.29. The van der Waals surface area contributed by atoms with Gasteiger partial charge in [0.05, 0.1) is 0 Å². The van der Waals surface area contributed by atoms with Gasteiger partial charge in [0, 0.05) is 20.1 Å². The molecule has 0 bridgehead atoms. The molecule has 0 aliphatic carbocycles. The van der Waals surface area contributed by atoms with Crippen molar-refractivity contribution in [2.24, 2.45) is 0 Å². The van der Waals surface area contributed by atoms with Gasteiger partial charge in [-0.2, -0.15) is 0 Å². The molecule has 0 aliphatic heterocycles. The maximum Gasteiger partial charge on any atom is 0.329 e. The van der Waals surface area contributed by atoms with Gasteiger partial charge in [-0.25, -0.2) is 4.79 Å². The molecule has 0 atom stereocenters. The number of nitrogens with one attached hydrogen (secondary N) is 1. The first kappa shape index (κ1) is 12.9. The number of hydrogen-bond acceptors (Lipinski definition) is 4. The maximum atomic E-state index is 11.2. The highest BCUT2D eigenvalue weighted by Gasteiger charge is 2.08. The Morgan fingerprint density at radius 3 is 2.57 bits per heavy atom. The number of aliphatic carboxylic acids is 1. The van der Waals surface area contributed by atoms with Crippen LogP contribution in [-0.4, -0.2) is 62.3 Å². The van der Waals surface area contributed by atoms with Crippen molar-refractivity contribution in [1.82, 2.24) is 10.2 Å². The van der Waals surface area contributed by atoms with E-state index >= 15 is 0 Å². The van der Waals surface area contributed by atoms with Gasteiger partial charge in [-0.15, -0.1) is 0 Å². The van der Waals surface area contributed by atoms with Gasteiger partial charge in [-0.3, -0.25) is 4.79 Å². The molecule has 0 fully saturated rings. The molecular weight excluding hydrogens is 188 g/mol. The van der Waals surface area contributed by atoms with Crippen LogP contribution in [0.15, 0.2) is 0 Å². The van der Waals surface area contributed by atoms with E-state index in [4.69, 9.17) is 5.11 Å². The lowest BCUT2D eigenvalue weighted by molar-refractivity contribution is -0.145. The van der Waals surface area contributed by atoms with Crippen molar-refractivity contribution < 1.29 is 19.4 Å². The van der Waals surface area contributed by atoms with Crippen LogP contribution < -0.4 is 5.32 Å². The first-order chi connectivity index (χ1) is 6.57. The van der Waals surface area contributed by atoms with Crippen molar-refractivity contribution in [3.63, 3.8) is 0 Å². The van der Waals surface area contributed by atoms with Crippen LogP contribution >= 0.6 is 0 Å². The molecule has 0 aliphatic rings. The summed E-state index contributed by atoms with van der Waals surface area (Å²) in [6.45, 7) is 0.644. The highest BCUT2D eigenvalue weighted by atomic mass is 16.5. The summed E-state index contributed by atoms with van der Waals surface area (Å²) in [5.41, 5.74) is 0. The first-order valence-electron chi connectivity index (χ1n) is 4.26. The van der Waals surface area contributed by atoms with Crippen molar-refractivity contribution in [3.8, 4) is 0 Å². The molecule has 0 aromatic rings. The minimum Gasteiger partial charge on any atom is -0.480 e. The molecule has 2 N–H and O–H groups in total. The highest BCUT2D eigenvalue weighted by molar-refractivity contribution is 5.77. The molecule has 0 spiro atoms. The molecule has 0 saturated carbocycles. The zero-order chi connectivity index (χ0) is 11.0. The van der Waals surface area contributed by atoms with Crippen LogP contribution in [0.1, 0.15) is 0 Å². The largest absolute Gasteiger partial charge is 0.480 e. The Bertz CT molecular complexity index is 196. The summed E-state index contributed by atoms with van der Waals surface area (Å²) in [4.78, 5) is 22.8. The van der Waals surface area contributed by atoms with Crippen molar-refractivity contribution in [2.75, 3.05) is 40.4 Å². The quantitative estimate of drug-likeness (QED) is 0.542. The van der Waals surface area contributed by atoms with E-state index in [0.29, 0.717) is 13.1 Å². The summed E-state index contributed by atoms with van der Waals surface area (Å²) in [6.07, 6.45) is 0. The molecule has 0 saturated heterocycles. The van der Waals surface area contributed by atoms with Gasteiger partial charge < -0.3 is 20.1 Å². The number of nitrogens with zero attached hydrogens (tertiary/aromatic N) is 1. The van der Waals surface area contributed by atoms with Crippen LogP contribution in [0.5, 0.6) is 0 Å². The van der Waals surface area contributed by atoms with E-state index in [9.17, 15) is 9.59 Å². The number of carbonyl (C=O) groups excluding carboxylic acids is 1. The molecule has 1 amide bonds. The summed E-state index contributed by atoms with van der Waals surface area (Å²) >= 11 is 0. The zero-order valence-corrected chi connectivity index (χ0v) is 8.45. The van der Waals surface area contributed by atoms with Crippen molar-refractivity contribution in [1.29, 1.82) is 0 Å². The molecule has 0 unspecified atom stereocenters. The van der Waals surface area contributed by atoms with Gasteiger partial charge in [0.15, 0.2) is 0 Å². The summed E-state index contributed by atoms with van der Waals surface area (Å²) in [5, 5.41) is 11.1. The molecule has 6 nitrogen and oxygen atoms in total. The highest BCUT2D eigenvalue weighted by Crippen LogP contribution is 1.85.